The molecule has 132 valence electrons. The first-order valence-corrected chi connectivity index (χ1v) is 9.41. The predicted molar refractivity (Wildman–Crippen MR) is 98.1 cm³/mol. The number of benzene rings is 1. The molecule has 0 spiro atoms. The molecule has 1 aromatic heterocycles. The van der Waals surface area contributed by atoms with Crippen molar-refractivity contribution in [1.29, 1.82) is 0 Å². The van der Waals surface area contributed by atoms with Crippen LogP contribution in [0.2, 0.25) is 0 Å². The van der Waals surface area contributed by atoms with Crippen molar-refractivity contribution >= 4 is 23.6 Å². The van der Waals surface area contributed by atoms with Crippen LogP contribution in [-0.4, -0.2) is 29.0 Å². The molecule has 1 N–H and O–H groups in total. The number of nitrogens with zero attached hydrogens (tertiary/aromatic N) is 1. The first-order chi connectivity index (χ1) is 12.0. The molecule has 3 rings (SSSR count). The van der Waals surface area contributed by atoms with Crippen LogP contribution in [0.25, 0.3) is 0 Å². The SMILES string of the molecule is CC(C)CNC(=O)c1ccc([C@H]2SCC(=O)N2Cc2ccco2)cc1. The molecule has 1 aliphatic heterocycles. The average Bonchev–Trinajstić information content (AvgIpc) is 3.24. The molecular formula is C19H22N2O3S. The molecule has 1 atom stereocenters. The van der Waals surface area contributed by atoms with E-state index in [-0.39, 0.29) is 17.2 Å². The highest BCUT2D eigenvalue weighted by Crippen LogP contribution is 2.39. The number of rotatable bonds is 6. The lowest BCUT2D eigenvalue weighted by atomic mass is 10.1. The zero-order chi connectivity index (χ0) is 17.8. The molecule has 0 aliphatic carbocycles. The molecule has 0 saturated carbocycles. The highest BCUT2D eigenvalue weighted by Gasteiger charge is 2.33. The number of nitrogens with one attached hydrogen (secondary N) is 1. The van der Waals surface area contributed by atoms with Gasteiger partial charge in [-0.2, -0.15) is 0 Å². The van der Waals surface area contributed by atoms with E-state index in [0.29, 0.717) is 30.3 Å². The highest BCUT2D eigenvalue weighted by molar-refractivity contribution is 8.00. The summed E-state index contributed by atoms with van der Waals surface area (Å²) in [7, 11) is 0. The van der Waals surface area contributed by atoms with Crippen LogP contribution in [0.15, 0.2) is 47.1 Å². The lowest BCUT2D eigenvalue weighted by Gasteiger charge is -2.23. The van der Waals surface area contributed by atoms with Gasteiger partial charge in [0.25, 0.3) is 5.91 Å². The fraction of sp³-hybridized carbons (Fsp3) is 0.368. The number of thioether (sulfide) groups is 1. The quantitative estimate of drug-likeness (QED) is 0.859. The Morgan fingerprint density at radius 1 is 1.32 bits per heavy atom. The summed E-state index contributed by atoms with van der Waals surface area (Å²) >= 11 is 1.60. The Morgan fingerprint density at radius 2 is 2.08 bits per heavy atom. The first kappa shape index (κ1) is 17.6. The molecule has 1 aromatic carbocycles. The molecular weight excluding hydrogens is 336 g/mol. The zero-order valence-electron chi connectivity index (χ0n) is 14.4. The summed E-state index contributed by atoms with van der Waals surface area (Å²) in [6.07, 6.45) is 1.61. The van der Waals surface area contributed by atoms with Gasteiger partial charge in [0.15, 0.2) is 0 Å². The monoisotopic (exact) mass is 358 g/mol. The predicted octanol–water partition coefficient (Wildman–Crippen LogP) is 3.44. The Hall–Kier alpha value is -2.21. The van der Waals surface area contributed by atoms with Gasteiger partial charge in [0.1, 0.15) is 11.1 Å². The van der Waals surface area contributed by atoms with Gasteiger partial charge in [-0.15, -0.1) is 11.8 Å². The number of carbonyl (C=O) groups excluding carboxylic acids is 2. The van der Waals surface area contributed by atoms with Gasteiger partial charge in [-0.05, 0) is 35.7 Å². The van der Waals surface area contributed by atoms with Gasteiger partial charge < -0.3 is 14.6 Å². The van der Waals surface area contributed by atoms with Crippen molar-refractivity contribution in [3.05, 3.63) is 59.5 Å². The van der Waals surface area contributed by atoms with E-state index in [4.69, 9.17) is 4.42 Å². The summed E-state index contributed by atoms with van der Waals surface area (Å²) in [5, 5.41) is 2.86. The Labute approximate surface area is 151 Å². The van der Waals surface area contributed by atoms with Gasteiger partial charge >= 0.3 is 0 Å². The average molecular weight is 358 g/mol. The minimum Gasteiger partial charge on any atom is -0.467 e. The van der Waals surface area contributed by atoms with Crippen molar-refractivity contribution in [2.75, 3.05) is 12.3 Å². The molecule has 2 aromatic rings. The Morgan fingerprint density at radius 3 is 2.72 bits per heavy atom. The van der Waals surface area contributed by atoms with E-state index in [2.05, 4.69) is 19.2 Å². The van der Waals surface area contributed by atoms with Crippen molar-refractivity contribution < 1.29 is 14.0 Å². The second-order valence-corrected chi connectivity index (χ2v) is 7.56. The van der Waals surface area contributed by atoms with Crippen LogP contribution in [0, 0.1) is 5.92 Å². The molecule has 25 heavy (non-hydrogen) atoms. The van der Waals surface area contributed by atoms with Crippen molar-refractivity contribution in [2.45, 2.75) is 25.8 Å². The van der Waals surface area contributed by atoms with Crippen LogP contribution in [0.5, 0.6) is 0 Å². The van der Waals surface area contributed by atoms with Crippen molar-refractivity contribution in [3.63, 3.8) is 0 Å². The molecule has 1 fully saturated rings. The smallest absolute Gasteiger partial charge is 0.251 e. The molecule has 1 saturated heterocycles. The summed E-state index contributed by atoms with van der Waals surface area (Å²) in [6, 6.07) is 11.2. The minimum absolute atomic E-state index is 0.0506. The third kappa shape index (κ3) is 4.25. The van der Waals surface area contributed by atoms with Gasteiger partial charge in [0.05, 0.1) is 18.6 Å². The molecule has 1 aliphatic rings. The van der Waals surface area contributed by atoms with E-state index >= 15 is 0 Å². The summed E-state index contributed by atoms with van der Waals surface area (Å²) in [5.74, 6) is 1.68. The zero-order valence-corrected chi connectivity index (χ0v) is 15.2. The van der Waals surface area contributed by atoms with Crippen molar-refractivity contribution in [3.8, 4) is 0 Å². The van der Waals surface area contributed by atoms with Gasteiger partial charge in [0.2, 0.25) is 5.91 Å². The van der Waals surface area contributed by atoms with Crippen molar-refractivity contribution in [2.24, 2.45) is 5.92 Å². The second-order valence-electron chi connectivity index (χ2n) is 6.49. The van der Waals surface area contributed by atoms with E-state index in [1.807, 2.05) is 41.3 Å². The maximum atomic E-state index is 12.2. The molecule has 6 heteroatoms. The maximum Gasteiger partial charge on any atom is 0.251 e. The van der Waals surface area contributed by atoms with Crippen LogP contribution < -0.4 is 5.32 Å². The summed E-state index contributed by atoms with van der Waals surface area (Å²) in [4.78, 5) is 26.1. The van der Waals surface area contributed by atoms with Gasteiger partial charge in [-0.3, -0.25) is 9.59 Å². The molecule has 2 heterocycles. The number of hydrogen-bond acceptors (Lipinski definition) is 4. The summed E-state index contributed by atoms with van der Waals surface area (Å²) in [6.45, 7) is 5.24. The first-order valence-electron chi connectivity index (χ1n) is 8.36. The van der Waals surface area contributed by atoms with Gasteiger partial charge in [-0.1, -0.05) is 26.0 Å². The van der Waals surface area contributed by atoms with E-state index in [1.165, 1.54) is 0 Å². The van der Waals surface area contributed by atoms with Crippen molar-refractivity contribution in [1.82, 2.24) is 10.2 Å². The Bertz CT molecular complexity index is 726. The number of amides is 2. The minimum atomic E-state index is -0.0668. The number of furan rings is 1. The fourth-order valence-electron chi connectivity index (χ4n) is 2.67. The van der Waals surface area contributed by atoms with Crippen LogP contribution in [0.3, 0.4) is 0 Å². The van der Waals surface area contributed by atoms with E-state index < -0.39 is 0 Å². The Balaban J connectivity index is 1.70. The Kier molecular flexibility index (Phi) is 5.48. The van der Waals surface area contributed by atoms with Crippen LogP contribution in [0.1, 0.15) is 40.9 Å². The van der Waals surface area contributed by atoms with Crippen LogP contribution in [0.4, 0.5) is 0 Å². The molecule has 0 unspecified atom stereocenters. The third-order valence-electron chi connectivity index (χ3n) is 4.00. The normalized spacial score (nSPS) is 17.3. The lowest BCUT2D eigenvalue weighted by Crippen LogP contribution is -2.28. The highest BCUT2D eigenvalue weighted by atomic mass is 32.2. The van der Waals surface area contributed by atoms with Crippen LogP contribution >= 0.6 is 11.8 Å². The summed E-state index contributed by atoms with van der Waals surface area (Å²) < 4.78 is 5.37. The second kappa shape index (κ2) is 7.78. The summed E-state index contributed by atoms with van der Waals surface area (Å²) in [5.41, 5.74) is 1.65. The number of hydrogen-bond donors (Lipinski definition) is 1. The molecule has 2 amide bonds. The van der Waals surface area contributed by atoms with E-state index in [0.717, 1.165) is 11.3 Å². The standard InChI is InChI=1S/C19H22N2O3S/c1-13(2)10-20-18(23)14-5-7-15(8-6-14)19-21(17(22)12-25-19)11-16-4-3-9-24-16/h3-9,13,19H,10-12H2,1-2H3,(H,20,23)/t19-/m1/s1. The largest absolute Gasteiger partial charge is 0.467 e. The molecule has 0 bridgehead atoms. The molecule has 5 nitrogen and oxygen atoms in total. The fourth-order valence-corrected chi connectivity index (χ4v) is 3.86. The van der Waals surface area contributed by atoms with Gasteiger partial charge in [-0.25, -0.2) is 0 Å². The van der Waals surface area contributed by atoms with E-state index in [9.17, 15) is 9.59 Å². The van der Waals surface area contributed by atoms with Crippen LogP contribution in [-0.2, 0) is 11.3 Å². The maximum absolute atomic E-state index is 12.2. The topological polar surface area (TPSA) is 62.6 Å². The lowest BCUT2D eigenvalue weighted by molar-refractivity contribution is -0.128. The molecule has 0 radical (unpaired) electrons. The number of carbonyl (C=O) groups is 2. The van der Waals surface area contributed by atoms with Gasteiger partial charge in [0, 0.05) is 12.1 Å². The van der Waals surface area contributed by atoms with E-state index in [1.54, 1.807) is 18.0 Å². The third-order valence-corrected chi connectivity index (χ3v) is 5.26.